The van der Waals surface area contributed by atoms with Gasteiger partial charge in [-0.3, -0.25) is 23.4 Å². The minimum Gasteiger partial charge on any atom is -0.462 e. The van der Waals surface area contributed by atoms with Crippen molar-refractivity contribution in [3.05, 3.63) is 60.8 Å². The summed E-state index contributed by atoms with van der Waals surface area (Å²) in [4.78, 5) is 48.8. The van der Waals surface area contributed by atoms with Crippen LogP contribution in [0.25, 0.3) is 0 Å². The summed E-state index contributed by atoms with van der Waals surface area (Å²) in [6.07, 6.45) is 70.3. The van der Waals surface area contributed by atoms with Gasteiger partial charge in [-0.25, -0.2) is 4.57 Å². The van der Waals surface area contributed by atoms with E-state index in [1.165, 1.54) is 154 Å². The summed E-state index contributed by atoms with van der Waals surface area (Å²) in [7, 11) is -4.76. The van der Waals surface area contributed by atoms with Crippen LogP contribution in [0.4, 0.5) is 0 Å². The third-order valence-corrected chi connectivity index (χ3v) is 15.4. The van der Waals surface area contributed by atoms with Gasteiger partial charge in [-0.05, 0) is 83.5 Å². The number of aliphatic hydroxyl groups is 1. The largest absolute Gasteiger partial charge is 0.472 e. The Hall–Kier alpha value is -2.82. The fourth-order valence-corrected chi connectivity index (χ4v) is 10.2. The van der Waals surface area contributed by atoms with E-state index < -0.39 is 57.8 Å². The van der Waals surface area contributed by atoms with Crippen molar-refractivity contribution in [2.45, 2.75) is 328 Å². The molecule has 0 aliphatic rings. The van der Waals surface area contributed by atoms with Gasteiger partial charge in [0.05, 0.1) is 19.8 Å². The van der Waals surface area contributed by atoms with Gasteiger partial charge in [0.2, 0.25) is 0 Å². The molecule has 11 nitrogen and oxygen atoms in total. The van der Waals surface area contributed by atoms with Crippen LogP contribution < -0.4 is 0 Å². The number of esters is 3. The highest BCUT2D eigenvalue weighted by molar-refractivity contribution is 7.47. The van der Waals surface area contributed by atoms with Crippen molar-refractivity contribution in [3.8, 4) is 0 Å². The second-order valence-corrected chi connectivity index (χ2v) is 23.7. The zero-order valence-corrected chi connectivity index (χ0v) is 52.7. The lowest BCUT2D eigenvalue weighted by molar-refractivity contribution is -0.161. The molecule has 3 atom stereocenters. The highest BCUT2D eigenvalue weighted by atomic mass is 31.2. The Morgan fingerprint density at radius 2 is 0.650 bits per heavy atom. The Balaban J connectivity index is 4.69. The molecule has 2 N–H and O–H groups in total. The minimum atomic E-state index is -4.76. The number of ether oxygens (including phenoxy) is 3. The Bertz CT molecular complexity index is 1570. The maximum absolute atomic E-state index is 13.0. The molecule has 0 amide bonds. The highest BCUT2D eigenvalue weighted by Gasteiger charge is 2.28. The number of hydrogen-bond acceptors (Lipinski definition) is 10. The molecule has 0 spiro atoms. The first-order valence-electron chi connectivity index (χ1n) is 33.2. The third-order valence-electron chi connectivity index (χ3n) is 14.4. The van der Waals surface area contributed by atoms with Crippen molar-refractivity contribution in [1.82, 2.24) is 0 Å². The number of phosphoric ester groups is 1. The van der Waals surface area contributed by atoms with Crippen LogP contribution in [-0.4, -0.2) is 66.5 Å². The topological polar surface area (TPSA) is 155 Å². The van der Waals surface area contributed by atoms with Crippen LogP contribution in [0, 0.1) is 0 Å². The fraction of sp³-hybridized carbons (Fsp3) is 0.809. The molecule has 0 aliphatic carbocycles. The molecule has 3 unspecified atom stereocenters. The molecule has 0 aromatic rings. The SMILES string of the molecule is CC/C=C\C/C=C\C/C=C\CCCCCCCC(=O)OC(CO)COP(=O)(O)OCC(COC(=O)CCCCCCCCCCC/C=C\C/C=C\CCCCC)OC(=O)CCCCCCCCCCCCCCCCCCCCC. The summed E-state index contributed by atoms with van der Waals surface area (Å²) >= 11 is 0. The van der Waals surface area contributed by atoms with Crippen molar-refractivity contribution < 1.29 is 52.2 Å². The lowest BCUT2D eigenvalue weighted by Gasteiger charge is -2.21. The van der Waals surface area contributed by atoms with Crippen molar-refractivity contribution in [2.75, 3.05) is 26.4 Å². The van der Waals surface area contributed by atoms with Crippen molar-refractivity contribution in [2.24, 2.45) is 0 Å². The molecule has 0 radical (unpaired) electrons. The predicted octanol–water partition coefficient (Wildman–Crippen LogP) is 20.3. The van der Waals surface area contributed by atoms with E-state index in [4.69, 9.17) is 23.3 Å². The Morgan fingerprint density at radius 1 is 0.362 bits per heavy atom. The van der Waals surface area contributed by atoms with E-state index in [0.29, 0.717) is 19.3 Å². The molecule has 0 heterocycles. The molecule has 0 fully saturated rings. The van der Waals surface area contributed by atoms with E-state index in [0.717, 1.165) is 103 Å². The van der Waals surface area contributed by atoms with E-state index >= 15 is 0 Å². The van der Waals surface area contributed by atoms with E-state index in [1.54, 1.807) is 0 Å². The van der Waals surface area contributed by atoms with Gasteiger partial charge in [0, 0.05) is 19.3 Å². The second kappa shape index (κ2) is 62.2. The summed E-state index contributed by atoms with van der Waals surface area (Å²) in [6, 6.07) is 0. The van der Waals surface area contributed by atoms with Gasteiger partial charge in [-0.2, -0.15) is 0 Å². The number of carbonyl (C=O) groups is 3. The molecule has 466 valence electrons. The van der Waals surface area contributed by atoms with Crippen LogP contribution in [0.1, 0.15) is 316 Å². The molecule has 0 aliphatic heterocycles. The fourth-order valence-electron chi connectivity index (χ4n) is 9.40. The highest BCUT2D eigenvalue weighted by Crippen LogP contribution is 2.43. The standard InChI is InChI=1S/C68H123O11P/c1-4-7-10-13-16-19-22-25-28-30-32-34-37-39-42-45-48-51-54-57-66(70)75-61-65(79-68(72)59-56-53-50-47-44-41-38-35-33-31-29-26-23-20-17-14-11-8-5-2)63-77-80(73,74)76-62-64(60-69)78-67(71)58-55-52-49-46-43-40-36-27-24-21-18-15-12-9-6-3/h9,12,16,18-19,21,25,27-28,36,64-65,69H,4-8,10-11,13-15,17,20,22-24,26,29-35,37-63H2,1-3H3,(H,73,74)/b12-9-,19-16-,21-18-,28-25-,36-27-. The van der Waals surface area contributed by atoms with Crippen LogP contribution in [0.3, 0.4) is 0 Å². The Morgan fingerprint density at radius 3 is 1.02 bits per heavy atom. The average Bonchev–Trinajstić information content (AvgIpc) is 3.45. The van der Waals surface area contributed by atoms with Crippen molar-refractivity contribution >= 4 is 25.7 Å². The molecule has 80 heavy (non-hydrogen) atoms. The van der Waals surface area contributed by atoms with Gasteiger partial charge < -0.3 is 24.2 Å². The average molecular weight is 1150 g/mol. The molecule has 0 aromatic carbocycles. The van der Waals surface area contributed by atoms with Gasteiger partial charge in [0.25, 0.3) is 0 Å². The second-order valence-electron chi connectivity index (χ2n) is 22.3. The predicted molar refractivity (Wildman–Crippen MR) is 335 cm³/mol. The van der Waals surface area contributed by atoms with Crippen LogP contribution in [0.5, 0.6) is 0 Å². The van der Waals surface area contributed by atoms with Gasteiger partial charge >= 0.3 is 25.7 Å². The molecule has 0 saturated heterocycles. The summed E-state index contributed by atoms with van der Waals surface area (Å²) < 4.78 is 39.7. The van der Waals surface area contributed by atoms with E-state index in [2.05, 4.69) is 81.5 Å². The zero-order chi connectivity index (χ0) is 58.3. The molecule has 0 saturated carbocycles. The first-order chi connectivity index (χ1) is 39.2. The monoisotopic (exact) mass is 1150 g/mol. The van der Waals surface area contributed by atoms with E-state index in [9.17, 15) is 28.9 Å². The van der Waals surface area contributed by atoms with Crippen LogP contribution >= 0.6 is 7.82 Å². The third kappa shape index (κ3) is 59.8. The maximum Gasteiger partial charge on any atom is 0.472 e. The van der Waals surface area contributed by atoms with E-state index in [-0.39, 0.29) is 25.9 Å². The van der Waals surface area contributed by atoms with Gasteiger partial charge in [-0.1, -0.05) is 274 Å². The quantitative estimate of drug-likeness (QED) is 0.0197. The van der Waals surface area contributed by atoms with Crippen molar-refractivity contribution in [1.29, 1.82) is 0 Å². The van der Waals surface area contributed by atoms with Crippen LogP contribution in [0.2, 0.25) is 0 Å². The minimum absolute atomic E-state index is 0.158. The number of allylic oxidation sites excluding steroid dienone is 10. The van der Waals surface area contributed by atoms with Crippen molar-refractivity contribution in [3.63, 3.8) is 0 Å². The number of unbranched alkanes of at least 4 members (excludes halogenated alkanes) is 35. The summed E-state index contributed by atoms with van der Waals surface area (Å²) in [5, 5.41) is 9.85. The van der Waals surface area contributed by atoms with E-state index in [1.807, 2.05) is 0 Å². The molecular weight excluding hydrogens is 1020 g/mol. The molecule has 0 rings (SSSR count). The molecule has 0 bridgehead atoms. The van der Waals surface area contributed by atoms with Gasteiger partial charge in [-0.15, -0.1) is 0 Å². The molecule has 12 heteroatoms. The number of rotatable bonds is 62. The molecular formula is C68H123O11P. The lowest BCUT2D eigenvalue weighted by Crippen LogP contribution is -2.30. The number of hydrogen-bond donors (Lipinski definition) is 2. The van der Waals surface area contributed by atoms with Crippen LogP contribution in [0.15, 0.2) is 60.8 Å². The Labute approximate surface area is 491 Å². The number of aliphatic hydroxyl groups excluding tert-OH is 1. The van der Waals surface area contributed by atoms with Gasteiger partial charge in [0.15, 0.2) is 6.10 Å². The van der Waals surface area contributed by atoms with Gasteiger partial charge in [0.1, 0.15) is 12.7 Å². The summed E-state index contributed by atoms with van der Waals surface area (Å²) in [5.41, 5.74) is 0. The van der Waals surface area contributed by atoms with Crippen LogP contribution in [-0.2, 0) is 42.2 Å². The normalized spacial score (nSPS) is 13.6. The zero-order valence-electron chi connectivity index (χ0n) is 51.8. The summed E-state index contributed by atoms with van der Waals surface area (Å²) in [5.74, 6) is -1.46. The first kappa shape index (κ1) is 77.2. The summed E-state index contributed by atoms with van der Waals surface area (Å²) in [6.45, 7) is 4.55. The molecule has 0 aromatic heterocycles. The lowest BCUT2D eigenvalue weighted by atomic mass is 10.0. The Kier molecular flexibility index (Phi) is 60.0. The smallest absolute Gasteiger partial charge is 0.462 e. The maximum atomic E-state index is 13.0. The first-order valence-corrected chi connectivity index (χ1v) is 34.7. The number of carbonyl (C=O) groups excluding carboxylic acids is 3. The number of phosphoric acid groups is 1.